The number of aromatic nitrogens is 1. The number of anilines is 1. The Labute approximate surface area is 176 Å². The zero-order chi connectivity index (χ0) is 22.2. The van der Waals surface area contributed by atoms with Crippen LogP contribution >= 0.6 is 0 Å². The molecule has 0 aromatic carbocycles. The lowest BCUT2D eigenvalue weighted by molar-refractivity contribution is 0.343. The van der Waals surface area contributed by atoms with Gasteiger partial charge in [-0.05, 0) is 51.0 Å². The molecular weight excluding hydrogens is 384 g/mol. The largest absolute Gasteiger partial charge is 0.402 e. The van der Waals surface area contributed by atoms with Crippen LogP contribution in [-0.2, 0) is 6.54 Å². The van der Waals surface area contributed by atoms with Gasteiger partial charge in [-0.3, -0.25) is 10.4 Å². The summed E-state index contributed by atoms with van der Waals surface area (Å²) in [6, 6.07) is 1.31. The van der Waals surface area contributed by atoms with Crippen molar-refractivity contribution in [3.63, 3.8) is 0 Å². The van der Waals surface area contributed by atoms with Gasteiger partial charge < -0.3 is 15.2 Å². The van der Waals surface area contributed by atoms with Crippen molar-refractivity contribution >= 4 is 11.4 Å². The smallest absolute Gasteiger partial charge is 0.130 e. The highest BCUT2D eigenvalue weighted by atomic mass is 19.1. The number of rotatable bonds is 4. The Balaban J connectivity index is 2.30. The number of pyridine rings is 1. The Morgan fingerprint density at radius 1 is 1.37 bits per heavy atom. The molecular formula is C23H29F2N5. The van der Waals surface area contributed by atoms with Gasteiger partial charge in [0.1, 0.15) is 17.5 Å². The van der Waals surface area contributed by atoms with Crippen molar-refractivity contribution in [2.45, 2.75) is 52.9 Å². The van der Waals surface area contributed by atoms with Gasteiger partial charge in [0.25, 0.3) is 0 Å². The van der Waals surface area contributed by atoms with Gasteiger partial charge in [-0.1, -0.05) is 12.7 Å². The number of aliphatic imine (C=N–C) groups is 1. The normalized spacial score (nSPS) is 24.9. The molecule has 3 N–H and O–H groups in total. The number of alkyl halides is 1. The predicted octanol–water partition coefficient (Wildman–Crippen LogP) is 4.21. The molecule has 1 aromatic rings. The fourth-order valence-corrected chi connectivity index (χ4v) is 4.11. The monoisotopic (exact) mass is 413 g/mol. The molecule has 7 heteroatoms. The van der Waals surface area contributed by atoms with Gasteiger partial charge in [-0.2, -0.15) is 0 Å². The fourth-order valence-electron chi connectivity index (χ4n) is 4.11. The molecule has 2 heterocycles. The van der Waals surface area contributed by atoms with Crippen molar-refractivity contribution in [2.24, 2.45) is 10.7 Å². The van der Waals surface area contributed by atoms with Crippen LogP contribution in [0.1, 0.15) is 32.8 Å². The zero-order valence-corrected chi connectivity index (χ0v) is 18.0. The molecule has 1 aliphatic heterocycles. The van der Waals surface area contributed by atoms with Crippen LogP contribution in [0.15, 0.2) is 64.4 Å². The summed E-state index contributed by atoms with van der Waals surface area (Å²) in [5, 5.41) is 8.27. The topological polar surface area (TPSA) is 70.4 Å². The van der Waals surface area contributed by atoms with Gasteiger partial charge in [-0.25, -0.2) is 8.78 Å². The number of nitrogens with one attached hydrogen (secondary N) is 1. The molecule has 0 spiro atoms. The maximum absolute atomic E-state index is 15.1. The van der Waals surface area contributed by atoms with Crippen LogP contribution in [0.25, 0.3) is 0 Å². The van der Waals surface area contributed by atoms with Gasteiger partial charge >= 0.3 is 0 Å². The van der Waals surface area contributed by atoms with Crippen molar-refractivity contribution in [3.8, 4) is 0 Å². The van der Waals surface area contributed by atoms with Crippen LogP contribution in [0.2, 0.25) is 0 Å². The first-order valence-electron chi connectivity index (χ1n) is 10.2. The third-order valence-electron chi connectivity index (χ3n) is 5.53. The maximum atomic E-state index is 15.1. The summed E-state index contributed by atoms with van der Waals surface area (Å²) in [6.07, 6.45) is 2.92. The van der Waals surface area contributed by atoms with Gasteiger partial charge in [-0.15, -0.1) is 0 Å². The first-order chi connectivity index (χ1) is 14.2. The Kier molecular flexibility index (Phi) is 6.10. The lowest BCUT2D eigenvalue weighted by atomic mass is 9.89. The van der Waals surface area contributed by atoms with Gasteiger partial charge in [0.2, 0.25) is 0 Å². The van der Waals surface area contributed by atoms with Crippen LogP contribution in [0.3, 0.4) is 0 Å². The van der Waals surface area contributed by atoms with E-state index in [-0.39, 0.29) is 6.42 Å². The first kappa shape index (κ1) is 21.7. The standard InChI is InChI=1S/C23H29F2N5/c1-6-28-21-15(5)30(17-10-13(3)23(27)29(7-2)12-17)22(20(21)14(4)26)18-9-8-16(24)11-19(18)25/h8-10,12,19,22,27H,5-7,11,26H2,1-4H3. The van der Waals surface area contributed by atoms with E-state index in [0.29, 0.717) is 46.8 Å². The van der Waals surface area contributed by atoms with Gasteiger partial charge in [0, 0.05) is 37.0 Å². The third-order valence-corrected chi connectivity index (χ3v) is 5.53. The van der Waals surface area contributed by atoms with Crippen LogP contribution in [-0.4, -0.2) is 29.0 Å². The van der Waals surface area contributed by atoms with Crippen molar-refractivity contribution in [1.82, 2.24) is 4.57 Å². The van der Waals surface area contributed by atoms with Crippen LogP contribution in [0.4, 0.5) is 14.5 Å². The third kappa shape index (κ3) is 3.64. The highest BCUT2D eigenvalue weighted by molar-refractivity contribution is 6.19. The average Bonchev–Trinajstić information content (AvgIpc) is 2.96. The van der Waals surface area contributed by atoms with Crippen LogP contribution < -0.4 is 16.1 Å². The number of hydrogen-bond acceptors (Lipinski definition) is 4. The second kappa shape index (κ2) is 8.42. The molecule has 0 amide bonds. The molecule has 160 valence electrons. The van der Waals surface area contributed by atoms with Crippen LogP contribution in [0.5, 0.6) is 0 Å². The molecule has 0 bridgehead atoms. The van der Waals surface area contributed by atoms with E-state index in [1.54, 1.807) is 6.92 Å². The Bertz CT molecular complexity index is 1050. The minimum atomic E-state index is -1.47. The quantitative estimate of drug-likeness (QED) is 0.776. The van der Waals surface area contributed by atoms with Crippen molar-refractivity contribution in [2.75, 3.05) is 11.4 Å². The number of nitrogens with two attached hydrogens (primary N) is 1. The number of allylic oxidation sites excluding steroid dienone is 5. The van der Waals surface area contributed by atoms with Crippen molar-refractivity contribution < 1.29 is 8.78 Å². The predicted molar refractivity (Wildman–Crippen MR) is 118 cm³/mol. The molecule has 30 heavy (non-hydrogen) atoms. The van der Waals surface area contributed by atoms with Crippen molar-refractivity contribution in [3.05, 3.63) is 70.4 Å². The number of aryl methyl sites for hydroxylation is 2. The fraction of sp³-hybridized carbons (Fsp3) is 0.391. The molecule has 3 rings (SSSR count). The average molecular weight is 414 g/mol. The molecule has 0 saturated carbocycles. The van der Waals surface area contributed by atoms with E-state index in [2.05, 4.69) is 11.6 Å². The van der Waals surface area contributed by atoms with E-state index >= 15 is 4.39 Å². The van der Waals surface area contributed by atoms with E-state index < -0.39 is 18.0 Å². The lowest BCUT2D eigenvalue weighted by Gasteiger charge is -2.32. The van der Waals surface area contributed by atoms with Crippen molar-refractivity contribution in [1.29, 1.82) is 5.41 Å². The van der Waals surface area contributed by atoms with Crippen LogP contribution in [0, 0.1) is 12.3 Å². The summed E-state index contributed by atoms with van der Waals surface area (Å²) >= 11 is 0. The SMILES string of the molecule is C=C1C(=NCC)C(=C(C)N)C(C2=CC=C(F)CC2F)N1c1cc(C)c(=N)n(CC)c1. The summed E-state index contributed by atoms with van der Waals surface area (Å²) in [5.74, 6) is -0.481. The minimum Gasteiger partial charge on any atom is -0.402 e. The molecule has 2 aliphatic rings. The van der Waals surface area contributed by atoms with E-state index in [4.69, 9.17) is 11.1 Å². The summed E-state index contributed by atoms with van der Waals surface area (Å²) < 4.78 is 30.6. The van der Waals surface area contributed by atoms with Gasteiger partial charge in [0.05, 0.1) is 23.1 Å². The van der Waals surface area contributed by atoms with E-state index in [0.717, 1.165) is 11.3 Å². The summed E-state index contributed by atoms with van der Waals surface area (Å²) in [5.41, 5.74) is 11.1. The molecule has 1 aromatic heterocycles. The summed E-state index contributed by atoms with van der Waals surface area (Å²) in [6.45, 7) is 12.9. The zero-order valence-electron chi connectivity index (χ0n) is 18.0. The van der Waals surface area contributed by atoms with Gasteiger partial charge in [0.15, 0.2) is 0 Å². The molecule has 0 radical (unpaired) electrons. The van der Waals surface area contributed by atoms with E-state index in [1.165, 1.54) is 12.2 Å². The second-order valence-corrected chi connectivity index (χ2v) is 7.61. The molecule has 1 fully saturated rings. The molecule has 2 unspecified atom stereocenters. The molecule has 2 atom stereocenters. The van der Waals surface area contributed by atoms with E-state index in [1.807, 2.05) is 42.5 Å². The Morgan fingerprint density at radius 3 is 2.63 bits per heavy atom. The maximum Gasteiger partial charge on any atom is 0.130 e. The highest BCUT2D eigenvalue weighted by Crippen LogP contribution is 2.42. The Hall–Kier alpha value is -2.96. The van der Waals surface area contributed by atoms with E-state index in [9.17, 15) is 4.39 Å². The molecule has 1 saturated heterocycles. The summed E-state index contributed by atoms with van der Waals surface area (Å²) in [7, 11) is 0. The Morgan fingerprint density at radius 2 is 2.07 bits per heavy atom. The number of nitrogens with zero attached hydrogens (tertiary/aromatic N) is 3. The number of hydrogen-bond donors (Lipinski definition) is 2. The molecule has 5 nitrogen and oxygen atoms in total. The first-order valence-corrected chi connectivity index (χ1v) is 10.2. The molecule has 1 aliphatic carbocycles. The minimum absolute atomic E-state index is 0.292. The highest BCUT2D eigenvalue weighted by Gasteiger charge is 2.43. The lowest BCUT2D eigenvalue weighted by Crippen LogP contribution is -2.36. The number of halogens is 2. The second-order valence-electron chi connectivity index (χ2n) is 7.61. The summed E-state index contributed by atoms with van der Waals surface area (Å²) in [4.78, 5) is 6.52.